The van der Waals surface area contributed by atoms with Crippen LogP contribution in [0.4, 0.5) is 0 Å². The lowest BCUT2D eigenvalue weighted by Crippen LogP contribution is -2.34. The molecule has 0 bridgehead atoms. The Morgan fingerprint density at radius 2 is 1.53 bits per heavy atom. The molecule has 0 aromatic heterocycles. The summed E-state index contributed by atoms with van der Waals surface area (Å²) in [6.45, 7) is 2.49. The largest absolute Gasteiger partial charge is 0.0622 e. The minimum Gasteiger partial charge on any atom is -0.0622 e. The molecule has 17 heavy (non-hydrogen) atoms. The van der Waals surface area contributed by atoms with Gasteiger partial charge in [0.15, 0.2) is 0 Å². The van der Waals surface area contributed by atoms with Gasteiger partial charge in [0.05, 0.1) is 0 Å². The van der Waals surface area contributed by atoms with Crippen LogP contribution in [-0.2, 0) is 0 Å². The van der Waals surface area contributed by atoms with Crippen LogP contribution in [0, 0.1) is 17.8 Å². The van der Waals surface area contributed by atoms with E-state index in [1.54, 1.807) is 5.56 Å². The summed E-state index contributed by atoms with van der Waals surface area (Å²) in [5.74, 6) is 3.83. The predicted molar refractivity (Wildman–Crippen MR) is 73.0 cm³/mol. The summed E-state index contributed by atoms with van der Waals surface area (Å²) in [7, 11) is 0. The molecule has 0 saturated heterocycles. The van der Waals surface area contributed by atoms with Crippen LogP contribution in [0.3, 0.4) is 0 Å². The molecule has 2 saturated carbocycles. The zero-order chi connectivity index (χ0) is 11.7. The van der Waals surface area contributed by atoms with E-state index in [1.807, 2.05) is 0 Å². The molecule has 0 heterocycles. The summed E-state index contributed by atoms with van der Waals surface area (Å²) in [6, 6.07) is 11.3. The van der Waals surface area contributed by atoms with Gasteiger partial charge in [-0.25, -0.2) is 0 Å². The standard InChI is InChI=1S/C17H24/c1-13-11-12-16(14-7-3-2-4-8-14)17-10-6-5-9-15(13)17/h2-4,7-8,13,15-17H,5-6,9-12H2,1H3/t13-,15?,16?,17?/m0/s1. The van der Waals surface area contributed by atoms with Crippen molar-refractivity contribution in [2.45, 2.75) is 51.4 Å². The van der Waals surface area contributed by atoms with Crippen molar-refractivity contribution >= 4 is 0 Å². The van der Waals surface area contributed by atoms with Crippen molar-refractivity contribution in [1.29, 1.82) is 0 Å². The third kappa shape index (κ3) is 2.14. The van der Waals surface area contributed by atoms with Crippen molar-refractivity contribution in [3.05, 3.63) is 35.9 Å². The van der Waals surface area contributed by atoms with Crippen LogP contribution < -0.4 is 0 Å². The zero-order valence-corrected chi connectivity index (χ0v) is 10.9. The summed E-state index contributed by atoms with van der Waals surface area (Å²) in [5.41, 5.74) is 1.61. The second-order valence-corrected chi connectivity index (χ2v) is 6.18. The van der Waals surface area contributed by atoms with Crippen molar-refractivity contribution in [1.82, 2.24) is 0 Å². The third-order valence-electron chi connectivity index (χ3n) is 5.28. The van der Waals surface area contributed by atoms with Gasteiger partial charge >= 0.3 is 0 Å². The van der Waals surface area contributed by atoms with Gasteiger partial charge in [-0.15, -0.1) is 0 Å². The van der Waals surface area contributed by atoms with E-state index in [4.69, 9.17) is 0 Å². The van der Waals surface area contributed by atoms with E-state index in [0.717, 1.165) is 23.7 Å². The van der Waals surface area contributed by atoms with E-state index in [1.165, 1.54) is 38.5 Å². The maximum Gasteiger partial charge on any atom is -0.0131 e. The van der Waals surface area contributed by atoms with Crippen molar-refractivity contribution in [3.8, 4) is 0 Å². The molecular formula is C17H24. The maximum atomic E-state index is 2.49. The van der Waals surface area contributed by atoms with Crippen molar-refractivity contribution < 1.29 is 0 Å². The van der Waals surface area contributed by atoms with Gasteiger partial charge in [0.1, 0.15) is 0 Å². The Balaban J connectivity index is 1.85. The minimum atomic E-state index is 0.859. The first-order valence-electron chi connectivity index (χ1n) is 7.41. The highest BCUT2D eigenvalue weighted by Crippen LogP contribution is 2.50. The SMILES string of the molecule is C[C@H]1CCC(c2ccccc2)C2CCCCC21. The number of fused-ring (bicyclic) bond motifs is 1. The molecule has 1 aromatic carbocycles. The predicted octanol–water partition coefficient (Wildman–Crippen LogP) is 5.01. The molecule has 2 aliphatic rings. The second kappa shape index (κ2) is 4.84. The van der Waals surface area contributed by atoms with Crippen LogP contribution in [-0.4, -0.2) is 0 Å². The lowest BCUT2D eigenvalue weighted by molar-refractivity contribution is 0.0923. The highest BCUT2D eigenvalue weighted by Gasteiger charge is 2.38. The van der Waals surface area contributed by atoms with Gasteiger partial charge in [-0.05, 0) is 54.9 Å². The molecule has 1 aromatic rings. The monoisotopic (exact) mass is 228 g/mol. The smallest absolute Gasteiger partial charge is 0.0131 e. The fourth-order valence-electron chi connectivity index (χ4n) is 4.38. The van der Waals surface area contributed by atoms with Crippen LogP contribution in [0.15, 0.2) is 30.3 Å². The van der Waals surface area contributed by atoms with Gasteiger partial charge in [-0.2, -0.15) is 0 Å². The number of hydrogen-bond donors (Lipinski definition) is 0. The first-order valence-corrected chi connectivity index (χ1v) is 7.41. The summed E-state index contributed by atoms with van der Waals surface area (Å²) >= 11 is 0. The highest BCUT2D eigenvalue weighted by molar-refractivity contribution is 5.21. The minimum absolute atomic E-state index is 0.859. The molecule has 4 atom stereocenters. The van der Waals surface area contributed by atoms with E-state index in [9.17, 15) is 0 Å². The molecule has 2 fully saturated rings. The van der Waals surface area contributed by atoms with Crippen LogP contribution >= 0.6 is 0 Å². The van der Waals surface area contributed by atoms with E-state index >= 15 is 0 Å². The normalized spacial score (nSPS) is 37.5. The average Bonchev–Trinajstić information content (AvgIpc) is 2.41. The summed E-state index contributed by atoms with van der Waals surface area (Å²) < 4.78 is 0. The molecule has 2 aliphatic carbocycles. The molecule has 0 nitrogen and oxygen atoms in total. The number of rotatable bonds is 1. The van der Waals surface area contributed by atoms with Crippen LogP contribution in [0.25, 0.3) is 0 Å². The topological polar surface area (TPSA) is 0 Å². The summed E-state index contributed by atoms with van der Waals surface area (Å²) in [4.78, 5) is 0. The van der Waals surface area contributed by atoms with Gasteiger partial charge in [0, 0.05) is 0 Å². The molecule has 0 aliphatic heterocycles. The molecule has 0 heteroatoms. The van der Waals surface area contributed by atoms with Crippen molar-refractivity contribution in [2.24, 2.45) is 17.8 Å². The molecule has 92 valence electrons. The lowest BCUT2D eigenvalue weighted by atomic mass is 9.60. The van der Waals surface area contributed by atoms with Crippen molar-refractivity contribution in [3.63, 3.8) is 0 Å². The molecule has 3 unspecified atom stereocenters. The van der Waals surface area contributed by atoms with Gasteiger partial charge in [-0.1, -0.05) is 50.1 Å². The van der Waals surface area contributed by atoms with Crippen molar-refractivity contribution in [2.75, 3.05) is 0 Å². The average molecular weight is 228 g/mol. The number of hydrogen-bond acceptors (Lipinski definition) is 0. The Kier molecular flexibility index (Phi) is 3.22. The Bertz CT molecular complexity index is 354. The van der Waals surface area contributed by atoms with E-state index in [-0.39, 0.29) is 0 Å². The maximum absolute atomic E-state index is 2.49. The molecule has 0 N–H and O–H groups in total. The van der Waals surface area contributed by atoms with E-state index < -0.39 is 0 Å². The Hall–Kier alpha value is -0.780. The van der Waals surface area contributed by atoms with E-state index in [2.05, 4.69) is 37.3 Å². The molecule has 0 spiro atoms. The third-order valence-corrected chi connectivity index (χ3v) is 5.28. The Morgan fingerprint density at radius 1 is 0.824 bits per heavy atom. The molecular weight excluding hydrogens is 204 g/mol. The molecule has 0 amide bonds. The lowest BCUT2D eigenvalue weighted by Gasteiger charge is -2.45. The highest BCUT2D eigenvalue weighted by atomic mass is 14.4. The first-order chi connectivity index (χ1) is 8.36. The first kappa shape index (κ1) is 11.3. The number of benzene rings is 1. The molecule has 0 radical (unpaired) electrons. The Morgan fingerprint density at radius 3 is 2.29 bits per heavy atom. The zero-order valence-electron chi connectivity index (χ0n) is 10.9. The second-order valence-electron chi connectivity index (χ2n) is 6.18. The van der Waals surface area contributed by atoms with Crippen LogP contribution in [0.1, 0.15) is 56.9 Å². The van der Waals surface area contributed by atoms with Gasteiger partial charge in [-0.3, -0.25) is 0 Å². The fourth-order valence-corrected chi connectivity index (χ4v) is 4.38. The van der Waals surface area contributed by atoms with Gasteiger partial charge < -0.3 is 0 Å². The Labute approximate surface area is 105 Å². The van der Waals surface area contributed by atoms with Gasteiger partial charge in [0.25, 0.3) is 0 Å². The summed E-state index contributed by atoms with van der Waals surface area (Å²) in [5, 5.41) is 0. The van der Waals surface area contributed by atoms with Gasteiger partial charge in [0.2, 0.25) is 0 Å². The quantitative estimate of drug-likeness (QED) is 0.634. The molecule has 3 rings (SSSR count). The summed E-state index contributed by atoms with van der Waals surface area (Å²) in [6.07, 6.45) is 8.79. The van der Waals surface area contributed by atoms with Crippen LogP contribution in [0.5, 0.6) is 0 Å². The van der Waals surface area contributed by atoms with E-state index in [0.29, 0.717) is 0 Å². The fraction of sp³-hybridized carbons (Fsp3) is 0.647. The van der Waals surface area contributed by atoms with Crippen LogP contribution in [0.2, 0.25) is 0 Å².